The van der Waals surface area contributed by atoms with Crippen LogP contribution in [0.3, 0.4) is 0 Å². The van der Waals surface area contributed by atoms with Crippen LogP contribution in [0.25, 0.3) is 5.78 Å². The van der Waals surface area contributed by atoms with Crippen LogP contribution in [0.15, 0.2) is 18.7 Å². The van der Waals surface area contributed by atoms with Gasteiger partial charge in [-0.3, -0.25) is 4.79 Å². The molecule has 1 aliphatic carbocycles. The number of carbonyl (C=O) groups excluding carboxylic acids is 1. The van der Waals surface area contributed by atoms with Crippen LogP contribution >= 0.6 is 12.4 Å². The molecule has 4 heterocycles. The number of hydrogen-bond acceptors (Lipinski definition) is 8. The van der Waals surface area contributed by atoms with E-state index >= 15 is 0 Å². The Hall–Kier alpha value is -2.77. The number of nitrogens with one attached hydrogen (secondary N) is 2. The maximum atomic E-state index is 13.9. The molecule has 1 saturated heterocycles. The standard InChI is InChI=1S/C24H33F2N9O2.ClH/c1-14(2)35-20(28-13-30-35)21(36)33-19(15-4-6-24(25,26)7-5-15)18-12-34-22(32-18)31-17(11-29-34)16-10-23(3,37)8-9-27-16;/h11-16,19,27,37H,4-10H2,1-3H3,(H,33,36);1H/t16?,19-,23?;/m0./s1. The highest BCUT2D eigenvalue weighted by atomic mass is 35.5. The molecule has 0 bridgehead atoms. The Morgan fingerprint density at radius 2 is 1.95 bits per heavy atom. The Balaban J connectivity index is 0.00000336. The molecule has 3 aromatic rings. The van der Waals surface area contributed by atoms with Crippen LogP contribution in [0.4, 0.5) is 8.78 Å². The minimum atomic E-state index is -2.70. The molecule has 1 saturated carbocycles. The fourth-order valence-corrected chi connectivity index (χ4v) is 5.29. The number of imidazole rings is 1. The van der Waals surface area contributed by atoms with E-state index < -0.39 is 23.5 Å². The van der Waals surface area contributed by atoms with E-state index in [2.05, 4.69) is 35.8 Å². The Morgan fingerprint density at radius 1 is 1.21 bits per heavy atom. The second-order valence-corrected chi connectivity index (χ2v) is 10.8. The molecular weight excluding hydrogens is 520 g/mol. The van der Waals surface area contributed by atoms with E-state index in [1.54, 1.807) is 12.4 Å². The molecule has 0 aromatic carbocycles. The molecule has 14 heteroatoms. The molecule has 2 unspecified atom stereocenters. The molecule has 5 rings (SSSR count). The molecular formula is C24H34ClF2N9O2. The van der Waals surface area contributed by atoms with E-state index in [0.29, 0.717) is 36.6 Å². The summed E-state index contributed by atoms with van der Waals surface area (Å²) in [6.45, 7) is 6.25. The first-order valence-electron chi connectivity index (χ1n) is 12.8. The van der Waals surface area contributed by atoms with E-state index in [1.165, 1.54) is 15.5 Å². The lowest BCUT2D eigenvalue weighted by molar-refractivity contribution is -0.0495. The van der Waals surface area contributed by atoms with Gasteiger partial charge in [0.1, 0.15) is 6.33 Å². The molecule has 3 atom stereocenters. The number of nitrogens with zero attached hydrogens (tertiary/aromatic N) is 7. The Kier molecular flexibility index (Phi) is 8.01. The zero-order valence-electron chi connectivity index (χ0n) is 21.6. The van der Waals surface area contributed by atoms with Crippen molar-refractivity contribution in [2.45, 2.75) is 88.9 Å². The summed E-state index contributed by atoms with van der Waals surface area (Å²) in [5.74, 6) is -2.89. The fraction of sp³-hybridized carbons (Fsp3) is 0.667. The molecule has 38 heavy (non-hydrogen) atoms. The van der Waals surface area contributed by atoms with Gasteiger partial charge in [-0.2, -0.15) is 10.2 Å². The average Bonchev–Trinajstić information content (AvgIpc) is 3.49. The van der Waals surface area contributed by atoms with Crippen molar-refractivity contribution in [1.29, 1.82) is 0 Å². The number of rotatable bonds is 6. The van der Waals surface area contributed by atoms with Gasteiger partial charge >= 0.3 is 0 Å². The number of aromatic nitrogens is 7. The highest BCUT2D eigenvalue weighted by Crippen LogP contribution is 2.41. The first-order chi connectivity index (χ1) is 17.5. The average molecular weight is 554 g/mol. The van der Waals surface area contributed by atoms with E-state index in [4.69, 9.17) is 0 Å². The van der Waals surface area contributed by atoms with E-state index in [0.717, 1.165) is 0 Å². The molecule has 1 amide bonds. The molecule has 0 spiro atoms. The summed E-state index contributed by atoms with van der Waals surface area (Å²) in [5, 5.41) is 25.4. The Bertz CT molecular complexity index is 1270. The van der Waals surface area contributed by atoms with Crippen LogP contribution in [-0.4, -0.2) is 63.4 Å². The predicted octanol–water partition coefficient (Wildman–Crippen LogP) is 3.19. The lowest BCUT2D eigenvalue weighted by Crippen LogP contribution is -2.42. The molecule has 208 valence electrons. The third kappa shape index (κ3) is 5.94. The van der Waals surface area contributed by atoms with Gasteiger partial charge in [-0.25, -0.2) is 32.9 Å². The van der Waals surface area contributed by atoms with Crippen LogP contribution in [0.5, 0.6) is 0 Å². The van der Waals surface area contributed by atoms with Gasteiger partial charge in [-0.05, 0) is 58.9 Å². The zero-order chi connectivity index (χ0) is 26.4. The smallest absolute Gasteiger partial charge is 0.289 e. The summed E-state index contributed by atoms with van der Waals surface area (Å²) in [7, 11) is 0. The normalized spacial score (nSPS) is 24.8. The lowest BCUT2D eigenvalue weighted by atomic mass is 9.81. The largest absolute Gasteiger partial charge is 0.390 e. The predicted molar refractivity (Wildman–Crippen MR) is 136 cm³/mol. The van der Waals surface area contributed by atoms with Crippen molar-refractivity contribution < 1.29 is 18.7 Å². The SMILES string of the molecule is CC(C)n1ncnc1C(=O)N[C@H](c1cn2ncc(C3CC(C)(O)CCN3)nc2n1)C1CCC(F)(F)CC1.Cl. The van der Waals surface area contributed by atoms with Crippen LogP contribution in [0.1, 0.15) is 99.4 Å². The van der Waals surface area contributed by atoms with Crippen molar-refractivity contribution in [3.05, 3.63) is 35.9 Å². The molecule has 3 N–H and O–H groups in total. The number of fused-ring (bicyclic) bond motifs is 1. The van der Waals surface area contributed by atoms with Crippen molar-refractivity contribution in [1.82, 2.24) is 45.0 Å². The molecule has 1 aliphatic heterocycles. The maximum absolute atomic E-state index is 13.9. The second kappa shape index (κ2) is 10.8. The third-order valence-electron chi connectivity index (χ3n) is 7.39. The highest BCUT2D eigenvalue weighted by Gasteiger charge is 2.40. The van der Waals surface area contributed by atoms with E-state index in [9.17, 15) is 18.7 Å². The van der Waals surface area contributed by atoms with Crippen LogP contribution in [0.2, 0.25) is 0 Å². The van der Waals surface area contributed by atoms with Gasteiger partial charge in [0.25, 0.3) is 11.7 Å². The highest BCUT2D eigenvalue weighted by molar-refractivity contribution is 5.90. The lowest BCUT2D eigenvalue weighted by Gasteiger charge is -2.34. The van der Waals surface area contributed by atoms with Crippen LogP contribution in [-0.2, 0) is 0 Å². The van der Waals surface area contributed by atoms with Crippen molar-refractivity contribution >= 4 is 24.1 Å². The Morgan fingerprint density at radius 3 is 2.63 bits per heavy atom. The minimum absolute atomic E-state index is 0. The first-order valence-corrected chi connectivity index (χ1v) is 12.8. The van der Waals surface area contributed by atoms with Gasteiger partial charge in [0, 0.05) is 18.9 Å². The summed E-state index contributed by atoms with van der Waals surface area (Å²) in [6, 6.07) is -0.868. The minimum Gasteiger partial charge on any atom is -0.390 e. The Labute approximate surface area is 225 Å². The number of hydrogen-bond donors (Lipinski definition) is 3. The van der Waals surface area contributed by atoms with Gasteiger partial charge in [-0.15, -0.1) is 12.4 Å². The summed E-state index contributed by atoms with van der Waals surface area (Å²) >= 11 is 0. The van der Waals surface area contributed by atoms with Crippen molar-refractivity contribution in [2.24, 2.45) is 5.92 Å². The topological polar surface area (TPSA) is 135 Å². The number of halogens is 3. The van der Waals surface area contributed by atoms with Crippen LogP contribution in [0, 0.1) is 5.92 Å². The monoisotopic (exact) mass is 553 g/mol. The number of aliphatic hydroxyl groups is 1. The van der Waals surface area contributed by atoms with E-state index in [1.807, 2.05) is 20.8 Å². The fourth-order valence-electron chi connectivity index (χ4n) is 5.29. The van der Waals surface area contributed by atoms with Gasteiger partial charge in [0.05, 0.1) is 41.5 Å². The third-order valence-corrected chi connectivity index (χ3v) is 7.39. The van der Waals surface area contributed by atoms with Crippen LogP contribution < -0.4 is 10.6 Å². The first kappa shape index (κ1) is 28.2. The zero-order valence-corrected chi connectivity index (χ0v) is 22.5. The molecule has 3 aromatic heterocycles. The molecule has 0 radical (unpaired) electrons. The number of alkyl halides is 2. The number of amides is 1. The van der Waals surface area contributed by atoms with E-state index in [-0.39, 0.29) is 61.9 Å². The second-order valence-electron chi connectivity index (χ2n) is 10.8. The molecule has 2 fully saturated rings. The number of piperidine rings is 1. The van der Waals surface area contributed by atoms with Gasteiger partial charge in [-0.1, -0.05) is 0 Å². The van der Waals surface area contributed by atoms with Crippen molar-refractivity contribution in [3.63, 3.8) is 0 Å². The van der Waals surface area contributed by atoms with Gasteiger partial charge in [0.2, 0.25) is 11.7 Å². The summed E-state index contributed by atoms with van der Waals surface area (Å²) < 4.78 is 30.9. The number of carbonyl (C=O) groups is 1. The molecule has 11 nitrogen and oxygen atoms in total. The van der Waals surface area contributed by atoms with Gasteiger partial charge < -0.3 is 15.7 Å². The summed E-state index contributed by atoms with van der Waals surface area (Å²) in [4.78, 5) is 26.7. The van der Waals surface area contributed by atoms with Crippen molar-refractivity contribution in [3.8, 4) is 0 Å². The van der Waals surface area contributed by atoms with Crippen molar-refractivity contribution in [2.75, 3.05) is 6.54 Å². The summed E-state index contributed by atoms with van der Waals surface area (Å²) in [6.07, 6.45) is 5.80. The molecule has 2 aliphatic rings. The van der Waals surface area contributed by atoms with Gasteiger partial charge in [0.15, 0.2) is 0 Å². The summed E-state index contributed by atoms with van der Waals surface area (Å²) in [5.41, 5.74) is 0.367. The maximum Gasteiger partial charge on any atom is 0.289 e. The quantitative estimate of drug-likeness (QED) is 0.423.